The van der Waals surface area contributed by atoms with E-state index in [4.69, 9.17) is 9.47 Å². The van der Waals surface area contributed by atoms with Gasteiger partial charge in [-0.25, -0.2) is 4.39 Å². The van der Waals surface area contributed by atoms with Crippen LogP contribution in [0, 0.1) is 5.82 Å². The molecule has 0 aromatic heterocycles. The van der Waals surface area contributed by atoms with E-state index in [0.717, 1.165) is 0 Å². The molecule has 0 N–H and O–H groups in total. The van der Waals surface area contributed by atoms with E-state index in [-0.39, 0.29) is 24.8 Å². The maximum absolute atomic E-state index is 13.7. The van der Waals surface area contributed by atoms with Crippen LogP contribution >= 0.6 is 0 Å². The molecule has 3 rings (SSSR count). The van der Waals surface area contributed by atoms with E-state index in [9.17, 15) is 35.5 Å². The van der Waals surface area contributed by atoms with Gasteiger partial charge >= 0.3 is 12.4 Å². The molecule has 0 aliphatic carbocycles. The summed E-state index contributed by atoms with van der Waals surface area (Å²) in [5.41, 5.74) is -1.96. The largest absolute Gasteiger partial charge is 0.416 e. The molecule has 1 heterocycles. The highest BCUT2D eigenvalue weighted by Gasteiger charge is 2.39. The lowest BCUT2D eigenvalue weighted by molar-refractivity contribution is -0.229. The smallest absolute Gasteiger partial charge is 0.374 e. The number of rotatable bonds is 10. The van der Waals surface area contributed by atoms with Crippen molar-refractivity contribution in [3.8, 4) is 0 Å². The van der Waals surface area contributed by atoms with Crippen LogP contribution < -0.4 is 0 Å². The molecule has 2 aromatic carbocycles. The number of carbonyl (C=O) groups excluding carboxylic acids is 1. The lowest BCUT2D eigenvalue weighted by atomic mass is 10.0. The summed E-state index contributed by atoms with van der Waals surface area (Å²) >= 11 is 0. The van der Waals surface area contributed by atoms with Crippen LogP contribution in [0.4, 0.5) is 30.7 Å². The van der Waals surface area contributed by atoms with Crippen LogP contribution in [-0.2, 0) is 26.6 Å². The second-order valence-corrected chi connectivity index (χ2v) is 9.29. The van der Waals surface area contributed by atoms with Crippen LogP contribution in [0.1, 0.15) is 55.2 Å². The highest BCUT2D eigenvalue weighted by atomic mass is 19.4. The molecule has 0 bridgehead atoms. The fourth-order valence-electron chi connectivity index (χ4n) is 4.68. The van der Waals surface area contributed by atoms with Crippen molar-refractivity contribution in [3.05, 3.63) is 82.3 Å². The van der Waals surface area contributed by atoms with Gasteiger partial charge in [0.05, 0.1) is 29.9 Å². The third-order valence-corrected chi connectivity index (χ3v) is 6.74. The molecule has 0 radical (unpaired) electrons. The molecular weight excluding hydrogens is 545 g/mol. The first-order valence-corrected chi connectivity index (χ1v) is 12.7. The van der Waals surface area contributed by atoms with E-state index in [1.54, 1.807) is 0 Å². The lowest BCUT2D eigenvalue weighted by Gasteiger charge is -2.43. The maximum Gasteiger partial charge on any atom is 0.416 e. The molecule has 3 atom stereocenters. The molecule has 1 aliphatic rings. The number of carbonyl (C=O) groups is 1. The monoisotopic (exact) mass is 576 g/mol. The van der Waals surface area contributed by atoms with E-state index >= 15 is 0 Å². The third kappa shape index (κ3) is 7.82. The second-order valence-electron chi connectivity index (χ2n) is 9.29. The number of nitrogens with zero attached hydrogens (tertiary/aromatic N) is 2. The Bertz CT molecular complexity index is 1130. The number of halogens is 7. The van der Waals surface area contributed by atoms with Gasteiger partial charge in [0, 0.05) is 31.9 Å². The van der Waals surface area contributed by atoms with Gasteiger partial charge in [-0.05, 0) is 68.3 Å². The van der Waals surface area contributed by atoms with Crippen LogP contribution in [0.25, 0.3) is 0 Å². The summed E-state index contributed by atoms with van der Waals surface area (Å²) in [6, 6.07) is 6.08. The Morgan fingerprint density at radius 3 is 2.12 bits per heavy atom. The fourth-order valence-corrected chi connectivity index (χ4v) is 4.68. The van der Waals surface area contributed by atoms with Gasteiger partial charge < -0.3 is 14.4 Å². The summed E-state index contributed by atoms with van der Waals surface area (Å²) in [5.74, 6) is -0.494. The first-order chi connectivity index (χ1) is 18.8. The molecular formula is C28H31F7N2O3. The fraction of sp³-hybridized carbons (Fsp3) is 0.464. The standard InChI is InChI=1S/C28H31F7N2O3/c1-4-36(5-2)24(10-12-38)17-37-11-13-39-26(25(37)19-6-8-23(29)9-7-19)40-18(3)20-14-21(27(30,31)32)16-22(15-20)28(33,34)35/h6-10,12,14-16,18,25-26H,4-5,11,13,17H2,1-3H3/b24-10-/t18-,25+,26-/m1/s1. The minimum absolute atomic E-state index is 0.0600. The molecule has 0 amide bonds. The summed E-state index contributed by atoms with van der Waals surface area (Å²) in [7, 11) is 0. The molecule has 1 saturated heterocycles. The van der Waals surface area contributed by atoms with E-state index in [0.29, 0.717) is 49.3 Å². The summed E-state index contributed by atoms with van der Waals surface area (Å²) in [4.78, 5) is 15.3. The first-order valence-electron chi connectivity index (χ1n) is 12.7. The topological polar surface area (TPSA) is 42.0 Å². The zero-order chi connectivity index (χ0) is 29.7. The Balaban J connectivity index is 1.99. The average molecular weight is 577 g/mol. The van der Waals surface area contributed by atoms with Gasteiger partial charge in [0.1, 0.15) is 12.1 Å². The second kappa shape index (κ2) is 13.1. The number of alkyl halides is 6. The van der Waals surface area contributed by atoms with Gasteiger partial charge in [0.15, 0.2) is 6.29 Å². The predicted molar refractivity (Wildman–Crippen MR) is 133 cm³/mol. The summed E-state index contributed by atoms with van der Waals surface area (Å²) in [6.07, 6.45) is -10.3. The number of morpholine rings is 1. The minimum Gasteiger partial charge on any atom is -0.374 e. The van der Waals surface area contributed by atoms with Crippen molar-refractivity contribution in [3.63, 3.8) is 0 Å². The van der Waals surface area contributed by atoms with Gasteiger partial charge in [-0.2, -0.15) is 26.3 Å². The highest BCUT2D eigenvalue weighted by molar-refractivity contribution is 5.66. The molecule has 220 valence electrons. The van der Waals surface area contributed by atoms with Crippen LogP contribution in [0.2, 0.25) is 0 Å². The molecule has 2 aromatic rings. The van der Waals surface area contributed by atoms with E-state index < -0.39 is 47.7 Å². The zero-order valence-corrected chi connectivity index (χ0v) is 22.2. The van der Waals surface area contributed by atoms with Crippen LogP contribution in [0.3, 0.4) is 0 Å². The summed E-state index contributed by atoms with van der Waals surface area (Å²) < 4.78 is 106. The normalized spacial score (nSPS) is 19.9. The molecule has 1 fully saturated rings. The van der Waals surface area contributed by atoms with Crippen molar-refractivity contribution in [2.75, 3.05) is 32.8 Å². The van der Waals surface area contributed by atoms with Crippen molar-refractivity contribution in [1.82, 2.24) is 9.80 Å². The first kappa shape index (κ1) is 31.6. The quantitative estimate of drug-likeness (QED) is 0.178. The predicted octanol–water partition coefficient (Wildman–Crippen LogP) is 6.77. The minimum atomic E-state index is -5.00. The average Bonchev–Trinajstić information content (AvgIpc) is 2.89. The summed E-state index contributed by atoms with van der Waals surface area (Å²) in [5, 5.41) is 0. The molecule has 12 heteroatoms. The number of aldehydes is 1. The SMILES string of the molecule is CCN(CC)/C(=C\C=O)CN1CCO[C@H](O[C@H](C)c2cc(C(F)(F)F)cc(C(F)(F)F)c2)[C@@H]1c1ccc(F)cc1. The number of benzene rings is 2. The summed E-state index contributed by atoms with van der Waals surface area (Å²) in [6.45, 7) is 7.21. The van der Waals surface area contributed by atoms with E-state index in [1.807, 2.05) is 23.6 Å². The van der Waals surface area contributed by atoms with Gasteiger partial charge in [-0.1, -0.05) is 12.1 Å². The molecule has 0 saturated carbocycles. The molecule has 40 heavy (non-hydrogen) atoms. The highest BCUT2D eigenvalue weighted by Crippen LogP contribution is 2.39. The maximum atomic E-state index is 13.7. The third-order valence-electron chi connectivity index (χ3n) is 6.74. The van der Waals surface area contributed by atoms with Gasteiger partial charge in [-0.3, -0.25) is 9.69 Å². The van der Waals surface area contributed by atoms with Crippen molar-refractivity contribution in [2.24, 2.45) is 0 Å². The Labute approximate surface area is 228 Å². The van der Waals surface area contributed by atoms with Gasteiger partial charge in [-0.15, -0.1) is 0 Å². The zero-order valence-electron chi connectivity index (χ0n) is 22.2. The number of allylic oxidation sites excluding steroid dienone is 1. The Morgan fingerprint density at radius 2 is 1.62 bits per heavy atom. The molecule has 0 spiro atoms. The van der Waals surface area contributed by atoms with E-state index in [1.165, 1.54) is 37.3 Å². The van der Waals surface area contributed by atoms with Crippen molar-refractivity contribution < 1.29 is 45.0 Å². The molecule has 1 aliphatic heterocycles. The number of likely N-dealkylation sites (N-methyl/N-ethyl adjacent to an activating group) is 1. The lowest BCUT2D eigenvalue weighted by Crippen LogP contribution is -2.48. The Kier molecular flexibility index (Phi) is 10.4. The number of hydrogen-bond acceptors (Lipinski definition) is 5. The number of ether oxygens (including phenoxy) is 2. The van der Waals surface area contributed by atoms with Gasteiger partial charge in [0.25, 0.3) is 0 Å². The molecule has 0 unspecified atom stereocenters. The van der Waals surface area contributed by atoms with E-state index in [2.05, 4.69) is 0 Å². The Morgan fingerprint density at radius 1 is 1.05 bits per heavy atom. The van der Waals surface area contributed by atoms with Crippen molar-refractivity contribution >= 4 is 6.29 Å². The van der Waals surface area contributed by atoms with Crippen molar-refractivity contribution in [2.45, 2.75) is 51.6 Å². The van der Waals surface area contributed by atoms with Crippen LogP contribution in [-0.4, -0.2) is 55.2 Å². The van der Waals surface area contributed by atoms with Gasteiger partial charge in [0.2, 0.25) is 0 Å². The van der Waals surface area contributed by atoms with Crippen molar-refractivity contribution in [1.29, 1.82) is 0 Å². The van der Waals surface area contributed by atoms with Crippen LogP contribution in [0.5, 0.6) is 0 Å². The van der Waals surface area contributed by atoms with Crippen LogP contribution in [0.15, 0.2) is 54.2 Å². The Hall–Kier alpha value is -2.96. The molecule has 5 nitrogen and oxygen atoms in total. The number of hydrogen-bond donors (Lipinski definition) is 0.